The van der Waals surface area contributed by atoms with Gasteiger partial charge in [0.2, 0.25) is 0 Å². The predicted octanol–water partition coefficient (Wildman–Crippen LogP) is 1.90. The maximum Gasteiger partial charge on any atom is 0.254 e. The number of hydrogen-bond donors (Lipinski definition) is 3. The fourth-order valence-corrected chi connectivity index (χ4v) is 3.17. The van der Waals surface area contributed by atoms with E-state index < -0.39 is 0 Å². The van der Waals surface area contributed by atoms with Gasteiger partial charge in [0.25, 0.3) is 5.91 Å². The van der Waals surface area contributed by atoms with Crippen LogP contribution in [0.4, 0.5) is 11.4 Å². The molecule has 0 aliphatic carbocycles. The molecule has 1 fully saturated rings. The van der Waals surface area contributed by atoms with Crippen LogP contribution in [0, 0.1) is 0 Å². The largest absolute Gasteiger partial charge is 0.394 e. The van der Waals surface area contributed by atoms with Gasteiger partial charge in [-0.3, -0.25) is 4.79 Å². The lowest BCUT2D eigenvalue weighted by molar-refractivity contribution is 0.0600. The first-order chi connectivity index (χ1) is 10.3. The molecular weight excluding hydrogens is 266 g/mol. The zero-order valence-corrected chi connectivity index (χ0v) is 12.3. The number of likely N-dealkylation sites (tertiary alicyclic amines) is 1. The number of fused-ring (bicyclic) bond motifs is 1. The van der Waals surface area contributed by atoms with E-state index in [4.69, 9.17) is 0 Å². The van der Waals surface area contributed by atoms with Crippen LogP contribution in [0.15, 0.2) is 18.2 Å². The average Bonchev–Trinajstić information content (AvgIpc) is 2.79. The van der Waals surface area contributed by atoms with Crippen molar-refractivity contribution in [3.8, 4) is 0 Å². The Balaban J connectivity index is 1.83. The first kappa shape index (κ1) is 14.2. The second-order valence-electron chi connectivity index (χ2n) is 5.80. The van der Waals surface area contributed by atoms with Crippen molar-refractivity contribution in [2.75, 3.05) is 36.9 Å². The maximum absolute atomic E-state index is 12.8. The highest BCUT2D eigenvalue weighted by Crippen LogP contribution is 2.27. The Morgan fingerprint density at radius 3 is 2.81 bits per heavy atom. The number of nitrogens with zero attached hydrogens (tertiary/aromatic N) is 1. The summed E-state index contributed by atoms with van der Waals surface area (Å²) in [5.74, 6) is 0.0334. The van der Waals surface area contributed by atoms with Crippen LogP contribution in [0.5, 0.6) is 0 Å². The van der Waals surface area contributed by atoms with Gasteiger partial charge in [0.15, 0.2) is 0 Å². The molecule has 2 aliphatic heterocycles. The molecule has 0 aromatic heterocycles. The second kappa shape index (κ2) is 6.35. The molecule has 0 radical (unpaired) electrons. The third-order valence-corrected chi connectivity index (χ3v) is 4.37. The molecule has 1 atom stereocenters. The Hall–Kier alpha value is -1.75. The van der Waals surface area contributed by atoms with Gasteiger partial charge in [0.05, 0.1) is 24.0 Å². The number of carbonyl (C=O) groups excluding carboxylic acids is 1. The molecule has 5 heteroatoms. The molecule has 0 saturated carbocycles. The number of benzene rings is 1. The molecular formula is C16H23N3O2. The van der Waals surface area contributed by atoms with E-state index in [-0.39, 0.29) is 18.6 Å². The van der Waals surface area contributed by atoms with E-state index in [2.05, 4.69) is 10.6 Å². The minimum atomic E-state index is -0.0397. The lowest BCUT2D eigenvalue weighted by Gasteiger charge is -2.29. The average molecular weight is 289 g/mol. The van der Waals surface area contributed by atoms with Crippen LogP contribution in [0.1, 0.15) is 36.0 Å². The monoisotopic (exact) mass is 289 g/mol. The third-order valence-electron chi connectivity index (χ3n) is 4.37. The number of nitrogens with one attached hydrogen (secondary N) is 2. The summed E-state index contributed by atoms with van der Waals surface area (Å²) in [6, 6.07) is 5.71. The van der Waals surface area contributed by atoms with Gasteiger partial charge < -0.3 is 20.6 Å². The molecule has 2 aliphatic rings. The molecule has 3 rings (SSSR count). The lowest BCUT2D eigenvalue weighted by atomic mass is 10.1. The normalized spacial score (nSPS) is 21.8. The van der Waals surface area contributed by atoms with E-state index in [1.54, 1.807) is 0 Å². The SMILES string of the molecule is O=C(c1ccc2c(c1)NCCN2)N1CCCCCC1CO. The Morgan fingerprint density at radius 1 is 1.19 bits per heavy atom. The Labute approximate surface area is 125 Å². The summed E-state index contributed by atoms with van der Waals surface area (Å²) in [4.78, 5) is 14.6. The van der Waals surface area contributed by atoms with Crippen molar-refractivity contribution in [2.24, 2.45) is 0 Å². The van der Waals surface area contributed by atoms with Gasteiger partial charge in [0.1, 0.15) is 0 Å². The molecule has 1 saturated heterocycles. The summed E-state index contributed by atoms with van der Waals surface area (Å²) in [5, 5.41) is 16.2. The highest BCUT2D eigenvalue weighted by atomic mass is 16.3. The molecule has 2 heterocycles. The van der Waals surface area contributed by atoms with Crippen LogP contribution in [0.25, 0.3) is 0 Å². The molecule has 1 aromatic rings. The van der Waals surface area contributed by atoms with Gasteiger partial charge in [-0.15, -0.1) is 0 Å². The van der Waals surface area contributed by atoms with Crippen molar-refractivity contribution in [3.63, 3.8) is 0 Å². The standard InChI is InChI=1S/C16H23N3O2/c20-11-13-4-2-1-3-9-19(13)16(21)12-5-6-14-15(10-12)18-8-7-17-14/h5-6,10,13,17-18,20H,1-4,7-9,11H2. The fraction of sp³-hybridized carbons (Fsp3) is 0.562. The molecule has 114 valence electrons. The molecule has 5 nitrogen and oxygen atoms in total. The number of amides is 1. The van der Waals surface area contributed by atoms with E-state index in [0.29, 0.717) is 5.56 Å². The van der Waals surface area contributed by atoms with E-state index in [0.717, 1.165) is 56.7 Å². The van der Waals surface area contributed by atoms with Gasteiger partial charge in [0, 0.05) is 25.2 Å². The molecule has 0 bridgehead atoms. The van der Waals surface area contributed by atoms with Gasteiger partial charge in [-0.05, 0) is 31.0 Å². The number of aliphatic hydroxyl groups is 1. The number of anilines is 2. The fourth-order valence-electron chi connectivity index (χ4n) is 3.17. The summed E-state index contributed by atoms with van der Waals surface area (Å²) in [7, 11) is 0. The summed E-state index contributed by atoms with van der Waals surface area (Å²) in [6.45, 7) is 2.57. The number of aliphatic hydroxyl groups excluding tert-OH is 1. The Morgan fingerprint density at radius 2 is 2.00 bits per heavy atom. The maximum atomic E-state index is 12.8. The quantitative estimate of drug-likeness (QED) is 0.778. The van der Waals surface area contributed by atoms with Crippen LogP contribution >= 0.6 is 0 Å². The Bertz CT molecular complexity index is 518. The molecule has 1 amide bonds. The molecule has 21 heavy (non-hydrogen) atoms. The molecule has 3 N–H and O–H groups in total. The van der Waals surface area contributed by atoms with Crippen molar-refractivity contribution >= 4 is 17.3 Å². The summed E-state index contributed by atoms with van der Waals surface area (Å²) in [6.07, 6.45) is 4.14. The van der Waals surface area contributed by atoms with E-state index >= 15 is 0 Å². The molecule has 0 spiro atoms. The second-order valence-corrected chi connectivity index (χ2v) is 5.80. The van der Waals surface area contributed by atoms with Crippen molar-refractivity contribution in [3.05, 3.63) is 23.8 Å². The first-order valence-corrected chi connectivity index (χ1v) is 7.83. The third kappa shape index (κ3) is 2.97. The van der Waals surface area contributed by atoms with Crippen LogP contribution in [-0.2, 0) is 0 Å². The molecule has 1 unspecified atom stereocenters. The predicted molar refractivity (Wildman–Crippen MR) is 83.8 cm³/mol. The first-order valence-electron chi connectivity index (χ1n) is 7.83. The van der Waals surface area contributed by atoms with Crippen molar-refractivity contribution in [2.45, 2.75) is 31.7 Å². The van der Waals surface area contributed by atoms with Crippen LogP contribution in [0.2, 0.25) is 0 Å². The van der Waals surface area contributed by atoms with Crippen molar-refractivity contribution < 1.29 is 9.90 Å². The number of rotatable bonds is 2. The number of hydrogen-bond acceptors (Lipinski definition) is 4. The van der Waals surface area contributed by atoms with Crippen LogP contribution in [0.3, 0.4) is 0 Å². The van der Waals surface area contributed by atoms with Crippen molar-refractivity contribution in [1.82, 2.24) is 4.90 Å². The van der Waals surface area contributed by atoms with Gasteiger partial charge in [-0.2, -0.15) is 0 Å². The van der Waals surface area contributed by atoms with E-state index in [9.17, 15) is 9.90 Å². The van der Waals surface area contributed by atoms with Crippen LogP contribution < -0.4 is 10.6 Å². The highest BCUT2D eigenvalue weighted by Gasteiger charge is 2.26. The van der Waals surface area contributed by atoms with Gasteiger partial charge in [-0.25, -0.2) is 0 Å². The van der Waals surface area contributed by atoms with E-state index in [1.165, 1.54) is 0 Å². The topological polar surface area (TPSA) is 64.6 Å². The highest BCUT2D eigenvalue weighted by molar-refractivity contribution is 5.96. The Kier molecular flexibility index (Phi) is 4.29. The van der Waals surface area contributed by atoms with Crippen LogP contribution in [-0.4, -0.2) is 48.2 Å². The zero-order valence-electron chi connectivity index (χ0n) is 12.3. The summed E-state index contributed by atoms with van der Waals surface area (Å²) < 4.78 is 0. The van der Waals surface area contributed by atoms with E-state index in [1.807, 2.05) is 23.1 Å². The minimum Gasteiger partial charge on any atom is -0.394 e. The zero-order chi connectivity index (χ0) is 14.7. The summed E-state index contributed by atoms with van der Waals surface area (Å²) >= 11 is 0. The minimum absolute atomic E-state index is 0.0334. The van der Waals surface area contributed by atoms with Gasteiger partial charge in [-0.1, -0.05) is 12.8 Å². The van der Waals surface area contributed by atoms with Gasteiger partial charge >= 0.3 is 0 Å². The smallest absolute Gasteiger partial charge is 0.254 e. The summed E-state index contributed by atoms with van der Waals surface area (Å²) in [5.41, 5.74) is 2.74. The lowest BCUT2D eigenvalue weighted by Crippen LogP contribution is -2.42. The van der Waals surface area contributed by atoms with Crippen molar-refractivity contribution in [1.29, 1.82) is 0 Å². The number of carbonyl (C=O) groups is 1. The molecule has 1 aromatic carbocycles.